The molecule has 0 unspecified atom stereocenters. The second-order valence-electron chi connectivity index (χ2n) is 6.92. The molecule has 0 aromatic rings. The molecule has 1 saturated heterocycles. The van der Waals surface area contributed by atoms with Crippen molar-refractivity contribution in [1.29, 1.82) is 0 Å². The minimum Gasteiger partial charge on any atom is -0.352 e. The maximum Gasteiger partial charge on any atom is 0.238 e. The normalized spacial score (nSPS) is 30.1. The number of nitrogens with zero attached hydrogens (tertiary/aromatic N) is 1. The van der Waals surface area contributed by atoms with Crippen LogP contribution in [0.5, 0.6) is 0 Å². The zero-order valence-corrected chi connectivity index (χ0v) is 14.7. The van der Waals surface area contributed by atoms with E-state index in [1.165, 1.54) is 10.7 Å². The molecule has 5 nitrogen and oxygen atoms in total. The van der Waals surface area contributed by atoms with Crippen molar-refractivity contribution in [2.45, 2.75) is 77.3 Å². The Morgan fingerprint density at radius 3 is 2.68 bits per heavy atom. The van der Waals surface area contributed by atoms with E-state index in [2.05, 4.69) is 19.2 Å². The van der Waals surface area contributed by atoms with E-state index in [9.17, 15) is 13.2 Å². The first-order valence-electron chi connectivity index (χ1n) is 8.74. The van der Waals surface area contributed by atoms with Crippen LogP contribution in [0, 0.1) is 5.92 Å². The van der Waals surface area contributed by atoms with E-state index in [4.69, 9.17) is 0 Å². The lowest BCUT2D eigenvalue weighted by atomic mass is 9.87. The molecule has 2 aliphatic rings. The summed E-state index contributed by atoms with van der Waals surface area (Å²) < 4.78 is 25.8. The fourth-order valence-electron chi connectivity index (χ4n) is 3.67. The zero-order valence-electron chi connectivity index (χ0n) is 13.9. The molecule has 1 N–H and O–H groups in total. The van der Waals surface area contributed by atoms with Crippen molar-refractivity contribution in [3.63, 3.8) is 0 Å². The molecule has 0 aromatic carbocycles. The molecule has 22 heavy (non-hydrogen) atoms. The molecule has 0 aromatic heterocycles. The average molecular weight is 330 g/mol. The van der Waals surface area contributed by atoms with Crippen molar-refractivity contribution in [2.24, 2.45) is 5.92 Å². The SMILES string of the molecule is CCCC[C@H](C(=O)N[C@H]1CCC[C@@H](C)C1)N1CCCS1(=O)=O. The largest absolute Gasteiger partial charge is 0.352 e. The van der Waals surface area contributed by atoms with E-state index in [1.54, 1.807) is 0 Å². The van der Waals surface area contributed by atoms with Crippen molar-refractivity contribution in [3.05, 3.63) is 0 Å². The topological polar surface area (TPSA) is 66.5 Å². The van der Waals surface area contributed by atoms with Crippen molar-refractivity contribution in [2.75, 3.05) is 12.3 Å². The minimum atomic E-state index is -3.24. The molecule has 6 heteroatoms. The first kappa shape index (κ1) is 17.7. The molecule has 1 heterocycles. The van der Waals surface area contributed by atoms with E-state index < -0.39 is 16.1 Å². The molecular weight excluding hydrogens is 300 g/mol. The van der Waals surface area contributed by atoms with E-state index in [0.717, 1.165) is 32.1 Å². The summed E-state index contributed by atoms with van der Waals surface area (Å²) in [4.78, 5) is 12.7. The number of sulfonamides is 1. The second kappa shape index (κ2) is 7.77. The van der Waals surface area contributed by atoms with Crippen molar-refractivity contribution in [3.8, 4) is 0 Å². The van der Waals surface area contributed by atoms with Gasteiger partial charge < -0.3 is 5.32 Å². The summed E-state index contributed by atoms with van der Waals surface area (Å²) in [5.41, 5.74) is 0. The molecule has 128 valence electrons. The number of rotatable bonds is 6. The third-order valence-corrected chi connectivity index (χ3v) is 6.86. The molecule has 0 radical (unpaired) electrons. The van der Waals surface area contributed by atoms with Gasteiger partial charge >= 0.3 is 0 Å². The highest BCUT2D eigenvalue weighted by molar-refractivity contribution is 7.89. The fraction of sp³-hybridized carbons (Fsp3) is 0.938. The van der Waals surface area contributed by atoms with Crippen molar-refractivity contribution < 1.29 is 13.2 Å². The quantitative estimate of drug-likeness (QED) is 0.812. The van der Waals surface area contributed by atoms with Crippen molar-refractivity contribution >= 4 is 15.9 Å². The van der Waals surface area contributed by atoms with E-state index in [0.29, 0.717) is 25.3 Å². The molecule has 1 amide bonds. The highest BCUT2D eigenvalue weighted by Gasteiger charge is 2.38. The fourth-order valence-corrected chi connectivity index (χ4v) is 5.40. The number of carbonyl (C=O) groups is 1. The maximum atomic E-state index is 12.7. The second-order valence-corrected chi connectivity index (χ2v) is 8.96. The molecule has 0 spiro atoms. The highest BCUT2D eigenvalue weighted by atomic mass is 32.2. The molecule has 2 fully saturated rings. The Kier molecular flexibility index (Phi) is 6.26. The molecule has 0 bridgehead atoms. The summed E-state index contributed by atoms with van der Waals surface area (Å²) in [6.07, 6.45) is 7.52. The smallest absolute Gasteiger partial charge is 0.238 e. The average Bonchev–Trinajstić information content (AvgIpc) is 2.79. The highest BCUT2D eigenvalue weighted by Crippen LogP contribution is 2.25. The number of hydrogen-bond donors (Lipinski definition) is 1. The Bertz CT molecular complexity index is 478. The number of nitrogens with one attached hydrogen (secondary N) is 1. The van der Waals surface area contributed by atoms with Gasteiger partial charge in [0.15, 0.2) is 0 Å². The summed E-state index contributed by atoms with van der Waals surface area (Å²) in [6.45, 7) is 4.78. The van der Waals surface area contributed by atoms with Gasteiger partial charge in [0.25, 0.3) is 0 Å². The van der Waals surface area contributed by atoms with Crippen LogP contribution in [0.4, 0.5) is 0 Å². The number of hydrogen-bond acceptors (Lipinski definition) is 3. The van der Waals surface area contributed by atoms with Crippen LogP contribution in [-0.4, -0.2) is 43.0 Å². The third kappa shape index (κ3) is 4.44. The van der Waals surface area contributed by atoms with Gasteiger partial charge in [-0.1, -0.05) is 39.5 Å². The van der Waals surface area contributed by atoms with Crippen LogP contribution in [0.3, 0.4) is 0 Å². The Labute approximate surface area is 134 Å². The van der Waals surface area contributed by atoms with Gasteiger partial charge in [-0.25, -0.2) is 8.42 Å². The monoisotopic (exact) mass is 330 g/mol. The summed E-state index contributed by atoms with van der Waals surface area (Å²) in [5, 5.41) is 3.13. The standard InChI is InChI=1S/C16H30N2O3S/c1-3-4-9-15(18-10-6-11-22(18,20)21)16(19)17-14-8-5-7-13(2)12-14/h13-15H,3-12H2,1-2H3,(H,17,19)/t13-,14+,15-/m1/s1. The minimum absolute atomic E-state index is 0.0852. The lowest BCUT2D eigenvalue weighted by molar-refractivity contribution is -0.126. The van der Waals surface area contributed by atoms with Gasteiger partial charge in [-0.15, -0.1) is 0 Å². The lowest BCUT2D eigenvalue weighted by Gasteiger charge is -2.31. The summed E-state index contributed by atoms with van der Waals surface area (Å²) in [6, 6.07) is -0.296. The van der Waals surface area contributed by atoms with Gasteiger partial charge in [0, 0.05) is 12.6 Å². The van der Waals surface area contributed by atoms with Gasteiger partial charge in [0.2, 0.25) is 15.9 Å². The zero-order chi connectivity index (χ0) is 16.2. The Morgan fingerprint density at radius 1 is 1.32 bits per heavy atom. The van der Waals surface area contributed by atoms with Crippen LogP contribution in [-0.2, 0) is 14.8 Å². The number of unbranched alkanes of at least 4 members (excludes halogenated alkanes) is 1. The van der Waals surface area contributed by atoms with Gasteiger partial charge in [-0.05, 0) is 31.6 Å². The van der Waals surface area contributed by atoms with Gasteiger partial charge in [-0.3, -0.25) is 4.79 Å². The Morgan fingerprint density at radius 2 is 2.09 bits per heavy atom. The number of carbonyl (C=O) groups excluding carboxylic acids is 1. The molecule has 1 aliphatic carbocycles. The molecule has 2 rings (SSSR count). The summed E-state index contributed by atoms with van der Waals surface area (Å²) in [5.74, 6) is 0.741. The van der Waals surface area contributed by atoms with Crippen LogP contribution in [0.15, 0.2) is 0 Å². The summed E-state index contributed by atoms with van der Waals surface area (Å²) in [7, 11) is -3.24. The Hall–Kier alpha value is -0.620. The van der Waals surface area contributed by atoms with Gasteiger partial charge in [0.05, 0.1) is 5.75 Å². The predicted molar refractivity (Wildman–Crippen MR) is 88.0 cm³/mol. The predicted octanol–water partition coefficient (Wildman–Crippen LogP) is 2.28. The van der Waals surface area contributed by atoms with Crippen molar-refractivity contribution in [1.82, 2.24) is 9.62 Å². The van der Waals surface area contributed by atoms with Gasteiger partial charge in [0.1, 0.15) is 6.04 Å². The lowest BCUT2D eigenvalue weighted by Crippen LogP contribution is -2.51. The molecule has 1 saturated carbocycles. The van der Waals surface area contributed by atoms with Crippen LogP contribution >= 0.6 is 0 Å². The van der Waals surface area contributed by atoms with Crippen LogP contribution in [0.1, 0.15) is 65.2 Å². The maximum absolute atomic E-state index is 12.7. The van der Waals surface area contributed by atoms with Crippen LogP contribution < -0.4 is 5.32 Å². The van der Waals surface area contributed by atoms with Crippen LogP contribution in [0.2, 0.25) is 0 Å². The van der Waals surface area contributed by atoms with E-state index >= 15 is 0 Å². The Balaban J connectivity index is 2.02. The third-order valence-electron chi connectivity index (χ3n) is 4.90. The molecule has 3 atom stereocenters. The van der Waals surface area contributed by atoms with E-state index in [1.807, 2.05) is 0 Å². The van der Waals surface area contributed by atoms with Gasteiger partial charge in [-0.2, -0.15) is 4.31 Å². The molecular formula is C16H30N2O3S. The first-order valence-corrected chi connectivity index (χ1v) is 10.3. The van der Waals surface area contributed by atoms with Crippen LogP contribution in [0.25, 0.3) is 0 Å². The summed E-state index contributed by atoms with van der Waals surface area (Å²) >= 11 is 0. The first-order chi connectivity index (χ1) is 10.4. The van der Waals surface area contributed by atoms with E-state index in [-0.39, 0.29) is 17.7 Å². The molecule has 1 aliphatic heterocycles. The number of amides is 1.